The van der Waals surface area contributed by atoms with E-state index in [0.717, 1.165) is 6.42 Å². The van der Waals surface area contributed by atoms with Gasteiger partial charge in [0.1, 0.15) is 0 Å². The summed E-state index contributed by atoms with van der Waals surface area (Å²) in [6.07, 6.45) is 0.771. The maximum atomic E-state index is 8.86. The summed E-state index contributed by atoms with van der Waals surface area (Å²) in [6, 6.07) is -0.331. The Morgan fingerprint density at radius 2 is 1.91 bits per heavy atom. The van der Waals surface area contributed by atoms with Crippen molar-refractivity contribution in [3.05, 3.63) is 0 Å². The number of rotatable bonds is 4. The Hall–Kier alpha value is -0.150. The van der Waals surface area contributed by atoms with Gasteiger partial charge < -0.3 is 10.8 Å². The minimum absolute atomic E-state index is 0.0718. The lowest BCUT2D eigenvalue weighted by Crippen LogP contribution is -2.31. The molecule has 0 amide bonds. The molecular weight excluding hydrogens is 158 g/mol. The summed E-state index contributed by atoms with van der Waals surface area (Å²) in [6.45, 7) is 6.39. The van der Waals surface area contributed by atoms with Crippen molar-refractivity contribution in [2.24, 2.45) is 17.6 Å². The van der Waals surface area contributed by atoms with E-state index in [1.54, 1.807) is 0 Å². The van der Waals surface area contributed by atoms with Gasteiger partial charge in [-0.3, -0.25) is 0 Å². The van der Waals surface area contributed by atoms with Crippen molar-refractivity contribution in [2.75, 3.05) is 0 Å². The summed E-state index contributed by atoms with van der Waals surface area (Å²) in [4.78, 5) is 0. The first-order chi connectivity index (χ1) is 4.95. The van der Waals surface area contributed by atoms with Crippen molar-refractivity contribution in [1.29, 1.82) is 0 Å². The van der Waals surface area contributed by atoms with E-state index < -0.39 is 0 Å². The van der Waals surface area contributed by atoms with Gasteiger partial charge in [-0.05, 0) is 30.5 Å². The van der Waals surface area contributed by atoms with Gasteiger partial charge in [-0.25, -0.2) is 0 Å². The SMILES string of the molecule is CC(C)C(C)CC(N)C(O)=S. The van der Waals surface area contributed by atoms with Gasteiger partial charge in [-0.2, -0.15) is 0 Å². The molecule has 0 aliphatic carbocycles. The molecule has 3 heteroatoms. The van der Waals surface area contributed by atoms with Gasteiger partial charge in [0.2, 0.25) is 0 Å². The van der Waals surface area contributed by atoms with E-state index in [-0.39, 0.29) is 11.1 Å². The van der Waals surface area contributed by atoms with Crippen LogP contribution in [0.5, 0.6) is 0 Å². The second-order valence-corrected chi connectivity index (χ2v) is 3.82. The van der Waals surface area contributed by atoms with E-state index in [4.69, 9.17) is 10.8 Å². The zero-order valence-electron chi connectivity index (χ0n) is 7.37. The van der Waals surface area contributed by atoms with Gasteiger partial charge in [0, 0.05) is 0 Å². The van der Waals surface area contributed by atoms with E-state index in [2.05, 4.69) is 33.0 Å². The van der Waals surface area contributed by atoms with E-state index in [1.165, 1.54) is 0 Å². The molecule has 2 nitrogen and oxygen atoms in total. The molecule has 0 radical (unpaired) electrons. The van der Waals surface area contributed by atoms with Crippen molar-refractivity contribution in [3.8, 4) is 0 Å². The molecule has 0 aromatic carbocycles. The topological polar surface area (TPSA) is 46.2 Å². The molecule has 66 valence electrons. The van der Waals surface area contributed by atoms with Crippen molar-refractivity contribution < 1.29 is 5.11 Å². The van der Waals surface area contributed by atoms with Crippen LogP contribution in [0.15, 0.2) is 0 Å². The molecule has 0 aromatic rings. The van der Waals surface area contributed by atoms with Crippen LogP contribution in [0.1, 0.15) is 27.2 Å². The zero-order chi connectivity index (χ0) is 9.02. The lowest BCUT2D eigenvalue weighted by molar-refractivity contribution is 0.372. The molecule has 0 saturated heterocycles. The van der Waals surface area contributed by atoms with E-state index >= 15 is 0 Å². The highest BCUT2D eigenvalue weighted by molar-refractivity contribution is 7.80. The summed E-state index contributed by atoms with van der Waals surface area (Å²) in [7, 11) is 0. The number of aliphatic hydroxyl groups is 1. The van der Waals surface area contributed by atoms with Crippen LogP contribution in [0, 0.1) is 11.8 Å². The third kappa shape index (κ3) is 4.32. The van der Waals surface area contributed by atoms with E-state index in [0.29, 0.717) is 11.8 Å². The maximum absolute atomic E-state index is 8.86. The Bertz CT molecular complexity index is 136. The first-order valence-corrected chi connectivity index (χ1v) is 4.34. The normalized spacial score (nSPS) is 16.5. The van der Waals surface area contributed by atoms with Gasteiger partial charge in [-0.1, -0.05) is 20.8 Å². The quantitative estimate of drug-likeness (QED) is 0.641. The second-order valence-electron chi connectivity index (χ2n) is 3.40. The molecule has 0 rings (SSSR count). The molecule has 2 unspecified atom stereocenters. The Morgan fingerprint density at radius 3 is 2.18 bits per heavy atom. The summed E-state index contributed by atoms with van der Waals surface area (Å²) in [5, 5.41) is 8.79. The lowest BCUT2D eigenvalue weighted by Gasteiger charge is -2.18. The van der Waals surface area contributed by atoms with E-state index in [9.17, 15) is 0 Å². The minimum Gasteiger partial charge on any atom is -0.501 e. The van der Waals surface area contributed by atoms with Crippen LogP contribution in [0.4, 0.5) is 0 Å². The third-order valence-corrected chi connectivity index (χ3v) is 2.38. The molecule has 0 saturated carbocycles. The monoisotopic (exact) mass is 175 g/mol. The second kappa shape index (κ2) is 4.67. The number of hydrogen-bond donors (Lipinski definition) is 2. The fourth-order valence-corrected chi connectivity index (χ4v) is 0.870. The number of thiocarbonyl (C=S) groups is 1. The molecular formula is C8H17NOS. The van der Waals surface area contributed by atoms with Crippen LogP contribution < -0.4 is 5.73 Å². The van der Waals surface area contributed by atoms with Crippen LogP contribution in [0.2, 0.25) is 0 Å². The van der Waals surface area contributed by atoms with Gasteiger partial charge >= 0.3 is 0 Å². The van der Waals surface area contributed by atoms with Gasteiger partial charge in [-0.15, -0.1) is 0 Å². The van der Waals surface area contributed by atoms with Crippen molar-refractivity contribution in [1.82, 2.24) is 0 Å². The molecule has 0 spiro atoms. The smallest absolute Gasteiger partial charge is 0.173 e. The predicted octanol–water partition coefficient (Wildman–Crippen LogP) is 1.88. The molecule has 0 heterocycles. The van der Waals surface area contributed by atoms with Crippen LogP contribution in [0.3, 0.4) is 0 Å². The van der Waals surface area contributed by atoms with Crippen LogP contribution in [0.25, 0.3) is 0 Å². The van der Waals surface area contributed by atoms with Crippen molar-refractivity contribution in [2.45, 2.75) is 33.2 Å². The largest absolute Gasteiger partial charge is 0.501 e. The molecule has 2 atom stereocenters. The Kier molecular flexibility index (Phi) is 4.61. The molecule has 11 heavy (non-hydrogen) atoms. The average Bonchev–Trinajstić information content (AvgIpc) is 1.87. The molecule has 0 aliphatic rings. The molecule has 3 N–H and O–H groups in total. The molecule has 0 fully saturated rings. The molecule has 0 aromatic heterocycles. The van der Waals surface area contributed by atoms with Crippen molar-refractivity contribution in [3.63, 3.8) is 0 Å². The zero-order valence-corrected chi connectivity index (χ0v) is 8.19. The summed E-state index contributed by atoms with van der Waals surface area (Å²) >= 11 is 4.55. The van der Waals surface area contributed by atoms with Gasteiger partial charge in [0.15, 0.2) is 5.05 Å². The predicted molar refractivity (Wildman–Crippen MR) is 51.8 cm³/mol. The fourth-order valence-electron chi connectivity index (χ4n) is 0.774. The first-order valence-electron chi connectivity index (χ1n) is 3.93. The highest BCUT2D eigenvalue weighted by Crippen LogP contribution is 2.15. The average molecular weight is 175 g/mol. The Balaban J connectivity index is 3.75. The fraction of sp³-hybridized carbons (Fsp3) is 0.875. The maximum Gasteiger partial charge on any atom is 0.173 e. The Morgan fingerprint density at radius 1 is 1.45 bits per heavy atom. The molecule has 0 bridgehead atoms. The Labute approximate surface area is 73.8 Å². The highest BCUT2D eigenvalue weighted by atomic mass is 32.1. The van der Waals surface area contributed by atoms with Crippen LogP contribution in [-0.2, 0) is 0 Å². The summed E-state index contributed by atoms with van der Waals surface area (Å²) < 4.78 is 0. The highest BCUT2D eigenvalue weighted by Gasteiger charge is 2.14. The van der Waals surface area contributed by atoms with Crippen LogP contribution >= 0.6 is 12.2 Å². The van der Waals surface area contributed by atoms with Crippen LogP contribution in [-0.4, -0.2) is 16.2 Å². The molecule has 0 aliphatic heterocycles. The third-order valence-electron chi connectivity index (χ3n) is 2.08. The number of aliphatic hydroxyl groups excluding tert-OH is 1. The lowest BCUT2D eigenvalue weighted by atomic mass is 9.92. The number of nitrogens with two attached hydrogens (primary N) is 1. The van der Waals surface area contributed by atoms with Crippen molar-refractivity contribution >= 4 is 17.3 Å². The minimum atomic E-state index is -0.331. The number of hydrogen-bond acceptors (Lipinski definition) is 2. The summed E-state index contributed by atoms with van der Waals surface area (Å²) in [5.41, 5.74) is 5.56. The summed E-state index contributed by atoms with van der Waals surface area (Å²) in [5.74, 6) is 1.10. The first kappa shape index (κ1) is 10.8. The van der Waals surface area contributed by atoms with Gasteiger partial charge in [0.25, 0.3) is 0 Å². The standard InChI is InChI=1S/C8H17NOS/c1-5(2)6(3)4-7(9)8(10)11/h5-7H,4,9H2,1-3H3,(H,10,11). The van der Waals surface area contributed by atoms with Gasteiger partial charge in [0.05, 0.1) is 6.04 Å². The van der Waals surface area contributed by atoms with E-state index in [1.807, 2.05) is 0 Å².